The Morgan fingerprint density at radius 2 is 2.00 bits per heavy atom. The minimum Gasteiger partial charge on any atom is -0.493 e. The molecule has 2 aromatic rings. The maximum atomic E-state index is 12.4. The normalized spacial score (nSPS) is 12.1. The number of carbonyl (C=O) groups excluding carboxylic acids is 1. The van der Waals surface area contributed by atoms with Gasteiger partial charge in [-0.25, -0.2) is 4.98 Å². The zero-order chi connectivity index (χ0) is 18.4. The van der Waals surface area contributed by atoms with Crippen LogP contribution in [0.4, 0.5) is 0 Å². The quantitative estimate of drug-likeness (QED) is 0.786. The Labute approximate surface area is 148 Å². The van der Waals surface area contributed by atoms with E-state index in [2.05, 4.69) is 10.3 Å². The van der Waals surface area contributed by atoms with Crippen LogP contribution < -0.4 is 14.8 Å². The van der Waals surface area contributed by atoms with E-state index in [4.69, 9.17) is 9.47 Å². The summed E-state index contributed by atoms with van der Waals surface area (Å²) in [5.74, 6) is 1.98. The molecule has 1 aromatic heterocycles. The third-order valence-electron chi connectivity index (χ3n) is 3.95. The Morgan fingerprint density at radius 1 is 1.28 bits per heavy atom. The van der Waals surface area contributed by atoms with Gasteiger partial charge in [0.05, 0.1) is 14.2 Å². The molecular weight excluding hydrogens is 320 g/mol. The average molecular weight is 346 g/mol. The van der Waals surface area contributed by atoms with E-state index in [0.29, 0.717) is 24.5 Å². The van der Waals surface area contributed by atoms with Crippen molar-refractivity contribution in [2.24, 2.45) is 7.05 Å². The van der Waals surface area contributed by atoms with Crippen molar-refractivity contribution in [3.05, 3.63) is 42.0 Å². The van der Waals surface area contributed by atoms with Gasteiger partial charge < -0.3 is 24.3 Å². The highest BCUT2D eigenvalue weighted by molar-refractivity contribution is 5.77. The fourth-order valence-electron chi connectivity index (χ4n) is 2.54. The molecule has 0 aliphatic heterocycles. The molecule has 0 saturated carbocycles. The van der Waals surface area contributed by atoms with E-state index >= 15 is 0 Å². The monoisotopic (exact) mass is 346 g/mol. The fourth-order valence-corrected chi connectivity index (χ4v) is 2.54. The molecular formula is C18H26N4O3. The molecule has 0 saturated heterocycles. The second kappa shape index (κ2) is 8.53. The number of benzene rings is 1. The Balaban J connectivity index is 2.32. The molecule has 0 spiro atoms. The Bertz CT molecular complexity index is 712. The summed E-state index contributed by atoms with van der Waals surface area (Å²) < 4.78 is 12.6. The van der Waals surface area contributed by atoms with Crippen LogP contribution in [0.15, 0.2) is 30.6 Å². The molecule has 25 heavy (non-hydrogen) atoms. The molecule has 136 valence electrons. The summed E-state index contributed by atoms with van der Waals surface area (Å²) in [6.07, 6.45) is 3.99. The molecule has 1 amide bonds. The second-order valence-corrected chi connectivity index (χ2v) is 6.06. The van der Waals surface area contributed by atoms with Crippen LogP contribution in [0.3, 0.4) is 0 Å². The van der Waals surface area contributed by atoms with Crippen molar-refractivity contribution in [2.75, 3.05) is 34.9 Å². The van der Waals surface area contributed by atoms with Gasteiger partial charge in [0.2, 0.25) is 5.91 Å². The van der Waals surface area contributed by atoms with Crippen LogP contribution >= 0.6 is 0 Å². The van der Waals surface area contributed by atoms with Crippen LogP contribution in [0.1, 0.15) is 23.9 Å². The first-order valence-electron chi connectivity index (χ1n) is 8.09. The maximum Gasteiger partial charge on any atom is 0.222 e. The molecule has 1 aromatic carbocycles. The highest BCUT2D eigenvalue weighted by Crippen LogP contribution is 2.31. The zero-order valence-electron chi connectivity index (χ0n) is 15.4. The lowest BCUT2D eigenvalue weighted by Crippen LogP contribution is -2.33. The number of amides is 1. The molecule has 1 N–H and O–H groups in total. The van der Waals surface area contributed by atoms with Crippen molar-refractivity contribution < 1.29 is 14.3 Å². The van der Waals surface area contributed by atoms with Gasteiger partial charge in [0.15, 0.2) is 11.5 Å². The number of imidazole rings is 1. The molecule has 2 rings (SSSR count). The molecule has 0 radical (unpaired) electrons. The smallest absolute Gasteiger partial charge is 0.222 e. The van der Waals surface area contributed by atoms with Crippen molar-refractivity contribution in [1.29, 1.82) is 0 Å². The van der Waals surface area contributed by atoms with Crippen molar-refractivity contribution in [3.63, 3.8) is 0 Å². The predicted molar refractivity (Wildman–Crippen MR) is 95.9 cm³/mol. The molecule has 0 fully saturated rings. The highest BCUT2D eigenvalue weighted by Gasteiger charge is 2.22. The molecule has 1 heterocycles. The van der Waals surface area contributed by atoms with Gasteiger partial charge in [-0.15, -0.1) is 0 Å². The van der Waals surface area contributed by atoms with E-state index < -0.39 is 0 Å². The Hall–Kier alpha value is -2.54. The number of aromatic nitrogens is 2. The van der Waals surface area contributed by atoms with Gasteiger partial charge in [0, 0.05) is 32.4 Å². The Morgan fingerprint density at radius 3 is 2.56 bits per heavy atom. The molecule has 1 atom stereocenters. The number of hydrogen-bond donors (Lipinski definition) is 1. The minimum atomic E-state index is -0.366. The van der Waals surface area contributed by atoms with Crippen LogP contribution in [0, 0.1) is 0 Å². The minimum absolute atomic E-state index is 0.0310. The van der Waals surface area contributed by atoms with Crippen LogP contribution in [-0.2, 0) is 11.8 Å². The second-order valence-electron chi connectivity index (χ2n) is 6.06. The van der Waals surface area contributed by atoms with Crippen LogP contribution in [0.2, 0.25) is 0 Å². The van der Waals surface area contributed by atoms with Gasteiger partial charge in [0.1, 0.15) is 11.9 Å². The standard InChI is InChI=1S/C18H26N4O3/c1-21(2)10-8-16(23)20-17(18-19-9-11-22(18)3)13-6-7-14(24-4)15(12-13)25-5/h6-7,9,11-12,17H,8,10H2,1-5H3,(H,20,23). The fraction of sp³-hybridized carbons (Fsp3) is 0.444. The molecule has 0 bridgehead atoms. The van der Waals surface area contributed by atoms with Crippen molar-refractivity contribution in [1.82, 2.24) is 19.8 Å². The van der Waals surface area contributed by atoms with E-state index in [1.165, 1.54) is 0 Å². The van der Waals surface area contributed by atoms with Crippen LogP contribution in [0.25, 0.3) is 0 Å². The highest BCUT2D eigenvalue weighted by atomic mass is 16.5. The van der Waals surface area contributed by atoms with Gasteiger partial charge in [-0.2, -0.15) is 0 Å². The summed E-state index contributed by atoms with van der Waals surface area (Å²) in [7, 11) is 8.97. The van der Waals surface area contributed by atoms with Gasteiger partial charge in [-0.1, -0.05) is 6.07 Å². The maximum absolute atomic E-state index is 12.4. The molecule has 1 unspecified atom stereocenters. The number of ether oxygens (including phenoxy) is 2. The zero-order valence-corrected chi connectivity index (χ0v) is 15.4. The first kappa shape index (κ1) is 18.8. The van der Waals surface area contributed by atoms with Gasteiger partial charge >= 0.3 is 0 Å². The van der Waals surface area contributed by atoms with E-state index in [-0.39, 0.29) is 11.9 Å². The summed E-state index contributed by atoms with van der Waals surface area (Å²) in [5.41, 5.74) is 0.880. The van der Waals surface area contributed by atoms with Crippen molar-refractivity contribution in [2.45, 2.75) is 12.5 Å². The molecule has 0 aliphatic carbocycles. The number of aryl methyl sites for hydroxylation is 1. The molecule has 7 nitrogen and oxygen atoms in total. The van der Waals surface area contributed by atoms with E-state index in [0.717, 1.165) is 11.4 Å². The van der Waals surface area contributed by atoms with Gasteiger partial charge in [0.25, 0.3) is 0 Å². The summed E-state index contributed by atoms with van der Waals surface area (Å²) >= 11 is 0. The van der Waals surface area contributed by atoms with Crippen LogP contribution in [-0.4, -0.2) is 55.2 Å². The van der Waals surface area contributed by atoms with Gasteiger partial charge in [-0.3, -0.25) is 4.79 Å². The average Bonchev–Trinajstić information content (AvgIpc) is 3.03. The predicted octanol–water partition coefficient (Wildman–Crippen LogP) is 1.59. The largest absolute Gasteiger partial charge is 0.493 e. The lowest BCUT2D eigenvalue weighted by molar-refractivity contribution is -0.121. The number of nitrogens with one attached hydrogen (secondary N) is 1. The number of carbonyl (C=O) groups is 1. The van der Waals surface area contributed by atoms with Crippen molar-refractivity contribution in [3.8, 4) is 11.5 Å². The summed E-state index contributed by atoms with van der Waals surface area (Å²) in [5, 5.41) is 3.08. The summed E-state index contributed by atoms with van der Waals surface area (Å²) in [6, 6.07) is 5.24. The van der Waals surface area contributed by atoms with Gasteiger partial charge in [-0.05, 0) is 31.8 Å². The first-order valence-corrected chi connectivity index (χ1v) is 8.09. The molecule has 0 aliphatic rings. The molecule has 7 heteroatoms. The van der Waals surface area contributed by atoms with Crippen molar-refractivity contribution >= 4 is 5.91 Å². The summed E-state index contributed by atoms with van der Waals surface area (Å²) in [4.78, 5) is 18.8. The Kier molecular flexibility index (Phi) is 6.41. The number of rotatable bonds is 8. The van der Waals surface area contributed by atoms with E-state index in [9.17, 15) is 4.79 Å². The number of nitrogens with zero attached hydrogens (tertiary/aromatic N) is 3. The topological polar surface area (TPSA) is 68.6 Å². The number of methoxy groups -OCH3 is 2. The van der Waals surface area contributed by atoms with E-state index in [1.807, 2.05) is 55.0 Å². The van der Waals surface area contributed by atoms with Crippen LogP contribution in [0.5, 0.6) is 11.5 Å². The lowest BCUT2D eigenvalue weighted by Gasteiger charge is -2.21. The third kappa shape index (κ3) is 4.73. The lowest BCUT2D eigenvalue weighted by atomic mass is 10.0. The number of hydrogen-bond acceptors (Lipinski definition) is 5. The first-order chi connectivity index (χ1) is 12.0. The SMILES string of the molecule is COc1ccc(C(NC(=O)CCN(C)C)c2nccn2C)cc1OC. The summed E-state index contributed by atoms with van der Waals surface area (Å²) in [6.45, 7) is 0.686. The van der Waals surface area contributed by atoms with E-state index in [1.54, 1.807) is 20.4 Å². The third-order valence-corrected chi connectivity index (χ3v) is 3.95.